The highest BCUT2D eigenvalue weighted by molar-refractivity contribution is 5.92. The molecule has 1 aromatic rings. The maximum Gasteiger partial charge on any atom is 0.321 e. The van der Waals surface area contributed by atoms with E-state index in [0.717, 1.165) is 37.3 Å². The van der Waals surface area contributed by atoms with Crippen LogP contribution in [0.1, 0.15) is 45.4 Å². The molecule has 0 aromatic heterocycles. The summed E-state index contributed by atoms with van der Waals surface area (Å²) in [6, 6.07) is 7.16. The molecule has 25 heavy (non-hydrogen) atoms. The van der Waals surface area contributed by atoms with Gasteiger partial charge in [-0.2, -0.15) is 0 Å². The van der Waals surface area contributed by atoms with E-state index in [2.05, 4.69) is 10.6 Å². The number of hydrogen-bond donors (Lipinski definition) is 3. The first kappa shape index (κ1) is 21.3. The van der Waals surface area contributed by atoms with Gasteiger partial charge in [0.15, 0.2) is 0 Å². The topological polar surface area (TPSA) is 87.5 Å². The van der Waals surface area contributed by atoms with Gasteiger partial charge in [-0.3, -0.25) is 4.79 Å². The SMILES string of the molecule is CC(N)CCC(=O)Nc1ccc(NC(=O)N2CCCCCC2)cc1.Cl. The molecule has 7 heteroatoms. The molecule has 4 N–H and O–H groups in total. The molecular formula is C18H29ClN4O2. The van der Waals surface area contributed by atoms with E-state index in [-0.39, 0.29) is 30.4 Å². The summed E-state index contributed by atoms with van der Waals surface area (Å²) >= 11 is 0. The molecule has 1 unspecified atom stereocenters. The quantitative estimate of drug-likeness (QED) is 0.742. The lowest BCUT2D eigenvalue weighted by atomic mass is 10.2. The van der Waals surface area contributed by atoms with Crippen molar-refractivity contribution in [3.63, 3.8) is 0 Å². The van der Waals surface area contributed by atoms with Crippen LogP contribution in [0.25, 0.3) is 0 Å². The Bertz CT molecular complexity index is 541. The molecule has 1 heterocycles. The predicted octanol–water partition coefficient (Wildman–Crippen LogP) is 3.58. The summed E-state index contributed by atoms with van der Waals surface area (Å²) in [4.78, 5) is 25.9. The van der Waals surface area contributed by atoms with Crippen molar-refractivity contribution < 1.29 is 9.59 Å². The van der Waals surface area contributed by atoms with Gasteiger partial charge in [0, 0.05) is 36.9 Å². The van der Waals surface area contributed by atoms with Crippen LogP contribution in [0.15, 0.2) is 24.3 Å². The van der Waals surface area contributed by atoms with Crippen LogP contribution in [0.4, 0.5) is 16.2 Å². The van der Waals surface area contributed by atoms with E-state index in [9.17, 15) is 9.59 Å². The van der Waals surface area contributed by atoms with E-state index >= 15 is 0 Å². The minimum atomic E-state index is -0.0504. The van der Waals surface area contributed by atoms with Gasteiger partial charge in [-0.25, -0.2) is 4.79 Å². The Morgan fingerprint density at radius 1 is 1.04 bits per heavy atom. The highest BCUT2D eigenvalue weighted by Gasteiger charge is 2.15. The Balaban J connectivity index is 0.00000312. The fourth-order valence-electron chi connectivity index (χ4n) is 2.70. The molecule has 140 valence electrons. The van der Waals surface area contributed by atoms with Crippen molar-refractivity contribution >= 4 is 35.7 Å². The number of likely N-dealkylation sites (tertiary alicyclic amines) is 1. The van der Waals surface area contributed by atoms with Crippen molar-refractivity contribution in [2.45, 2.75) is 51.5 Å². The number of nitrogens with two attached hydrogens (primary N) is 1. The van der Waals surface area contributed by atoms with Crippen molar-refractivity contribution in [2.75, 3.05) is 23.7 Å². The number of urea groups is 1. The largest absolute Gasteiger partial charge is 0.328 e. The number of rotatable bonds is 5. The molecule has 1 aromatic carbocycles. The number of nitrogens with one attached hydrogen (secondary N) is 2. The molecule has 6 nitrogen and oxygen atoms in total. The van der Waals surface area contributed by atoms with E-state index < -0.39 is 0 Å². The van der Waals surface area contributed by atoms with Gasteiger partial charge in [-0.15, -0.1) is 12.4 Å². The number of halogens is 1. The average Bonchev–Trinajstić information content (AvgIpc) is 2.84. The maximum atomic E-state index is 12.3. The summed E-state index contributed by atoms with van der Waals surface area (Å²) in [5.74, 6) is -0.0475. The summed E-state index contributed by atoms with van der Waals surface area (Å²) in [6.07, 6.45) is 5.60. The highest BCUT2D eigenvalue weighted by atomic mass is 35.5. The van der Waals surface area contributed by atoms with Crippen LogP contribution in [0, 0.1) is 0 Å². The second-order valence-corrected chi connectivity index (χ2v) is 6.47. The third-order valence-corrected chi connectivity index (χ3v) is 4.14. The Kier molecular flexibility index (Phi) is 9.31. The van der Waals surface area contributed by atoms with Gasteiger partial charge in [0.05, 0.1) is 0 Å². The van der Waals surface area contributed by atoms with Crippen molar-refractivity contribution in [3.8, 4) is 0 Å². The van der Waals surface area contributed by atoms with E-state index in [1.54, 1.807) is 24.3 Å². The molecule has 1 atom stereocenters. The first-order valence-corrected chi connectivity index (χ1v) is 8.76. The molecule has 1 fully saturated rings. The van der Waals surface area contributed by atoms with Crippen LogP contribution in [0.2, 0.25) is 0 Å². The summed E-state index contributed by atoms with van der Waals surface area (Å²) in [7, 11) is 0. The summed E-state index contributed by atoms with van der Waals surface area (Å²) < 4.78 is 0. The average molecular weight is 369 g/mol. The first-order valence-electron chi connectivity index (χ1n) is 8.76. The molecule has 3 amide bonds. The first-order chi connectivity index (χ1) is 11.5. The van der Waals surface area contributed by atoms with Crippen molar-refractivity contribution in [3.05, 3.63) is 24.3 Å². The molecule has 0 saturated carbocycles. The van der Waals surface area contributed by atoms with Crippen LogP contribution < -0.4 is 16.4 Å². The smallest absolute Gasteiger partial charge is 0.321 e. The summed E-state index contributed by atoms with van der Waals surface area (Å²) in [5, 5.41) is 5.75. The fourth-order valence-corrected chi connectivity index (χ4v) is 2.70. The summed E-state index contributed by atoms with van der Waals surface area (Å²) in [6.45, 7) is 3.52. The molecule has 1 saturated heterocycles. The molecule has 0 aliphatic carbocycles. The Morgan fingerprint density at radius 2 is 1.56 bits per heavy atom. The lowest BCUT2D eigenvalue weighted by molar-refractivity contribution is -0.116. The van der Waals surface area contributed by atoms with Gasteiger partial charge in [0.1, 0.15) is 0 Å². The molecule has 0 spiro atoms. The second kappa shape index (κ2) is 10.9. The van der Waals surface area contributed by atoms with Gasteiger partial charge in [0.25, 0.3) is 0 Å². The standard InChI is InChI=1S/C18H28N4O2.ClH/c1-14(19)6-11-17(23)20-15-7-9-16(10-8-15)21-18(24)22-12-4-2-3-5-13-22;/h7-10,14H,2-6,11-13,19H2,1H3,(H,20,23)(H,21,24);1H. The van der Waals surface area contributed by atoms with Crippen LogP contribution in [-0.4, -0.2) is 36.0 Å². The third-order valence-electron chi connectivity index (χ3n) is 4.14. The third kappa shape index (κ3) is 7.75. The lowest BCUT2D eigenvalue weighted by Crippen LogP contribution is -2.35. The fraction of sp³-hybridized carbons (Fsp3) is 0.556. The van der Waals surface area contributed by atoms with Crippen LogP contribution in [-0.2, 0) is 4.79 Å². The number of carbonyl (C=O) groups is 2. The van der Waals surface area contributed by atoms with Crippen molar-refractivity contribution in [1.29, 1.82) is 0 Å². The van der Waals surface area contributed by atoms with E-state index in [4.69, 9.17) is 5.73 Å². The number of anilines is 2. The number of carbonyl (C=O) groups excluding carboxylic acids is 2. The minimum absolute atomic E-state index is 0. The molecule has 0 radical (unpaired) electrons. The Hall–Kier alpha value is -1.79. The zero-order valence-electron chi connectivity index (χ0n) is 14.8. The number of benzene rings is 1. The second-order valence-electron chi connectivity index (χ2n) is 6.47. The van der Waals surface area contributed by atoms with Gasteiger partial charge >= 0.3 is 6.03 Å². The molecule has 1 aliphatic heterocycles. The zero-order chi connectivity index (χ0) is 17.4. The van der Waals surface area contributed by atoms with Crippen LogP contribution >= 0.6 is 12.4 Å². The van der Waals surface area contributed by atoms with E-state index in [0.29, 0.717) is 12.8 Å². The van der Waals surface area contributed by atoms with Gasteiger partial charge in [-0.1, -0.05) is 12.8 Å². The van der Waals surface area contributed by atoms with E-state index in [1.165, 1.54) is 12.8 Å². The van der Waals surface area contributed by atoms with Crippen molar-refractivity contribution in [2.24, 2.45) is 5.73 Å². The van der Waals surface area contributed by atoms with Crippen molar-refractivity contribution in [1.82, 2.24) is 4.90 Å². The van der Waals surface area contributed by atoms with Crippen LogP contribution in [0.3, 0.4) is 0 Å². The molecule has 0 bridgehead atoms. The lowest BCUT2D eigenvalue weighted by Gasteiger charge is -2.20. The predicted molar refractivity (Wildman–Crippen MR) is 104 cm³/mol. The van der Waals surface area contributed by atoms with Gasteiger partial charge in [0.2, 0.25) is 5.91 Å². The minimum Gasteiger partial charge on any atom is -0.328 e. The number of nitrogens with zero attached hydrogens (tertiary/aromatic N) is 1. The monoisotopic (exact) mass is 368 g/mol. The van der Waals surface area contributed by atoms with Crippen LogP contribution in [0.5, 0.6) is 0 Å². The molecule has 1 aliphatic rings. The molecule has 2 rings (SSSR count). The zero-order valence-corrected chi connectivity index (χ0v) is 15.6. The Labute approximate surface area is 155 Å². The van der Waals surface area contributed by atoms with Gasteiger partial charge < -0.3 is 21.3 Å². The van der Waals surface area contributed by atoms with E-state index in [1.807, 2.05) is 11.8 Å². The normalized spacial score (nSPS) is 15.5. The number of hydrogen-bond acceptors (Lipinski definition) is 3. The van der Waals surface area contributed by atoms with Gasteiger partial charge in [-0.05, 0) is 50.5 Å². The summed E-state index contributed by atoms with van der Waals surface area (Å²) in [5.41, 5.74) is 7.10. The Morgan fingerprint density at radius 3 is 2.08 bits per heavy atom. The maximum absolute atomic E-state index is 12.3. The number of amides is 3. The molecular weight excluding hydrogens is 340 g/mol. The highest BCUT2D eigenvalue weighted by Crippen LogP contribution is 2.16.